The highest BCUT2D eigenvalue weighted by molar-refractivity contribution is 9.28. The van der Waals surface area contributed by atoms with E-state index >= 15 is 0 Å². The highest BCUT2D eigenvalue weighted by Crippen LogP contribution is 2.57. The predicted molar refractivity (Wildman–Crippen MR) is 98.2 cm³/mol. The molecule has 1 aliphatic carbocycles. The molecule has 23 heavy (non-hydrogen) atoms. The van der Waals surface area contributed by atoms with Crippen molar-refractivity contribution in [2.24, 2.45) is 11.3 Å². The summed E-state index contributed by atoms with van der Waals surface area (Å²) < 4.78 is 7.00. The Kier molecular flexibility index (Phi) is 4.59. The highest BCUT2D eigenvalue weighted by Gasteiger charge is 2.58. The Bertz CT molecular complexity index is 806. The van der Waals surface area contributed by atoms with Gasteiger partial charge in [-0.2, -0.15) is 5.26 Å². The molecule has 0 bridgehead atoms. The van der Waals surface area contributed by atoms with Crippen LogP contribution in [-0.2, 0) is 4.74 Å². The standard InChI is InChI=1S/C18H16Br2N2O/c1-18(2)13(8-16(19)20)17(18)23-15(9-21)12-7-11-5-3-4-6-14(11)22-10-12/h3-8,10,13,15,17H,1-2H3/t13-,15-,17+/m1/s1. The molecule has 1 saturated carbocycles. The fourth-order valence-corrected chi connectivity index (χ4v) is 3.46. The van der Waals surface area contributed by atoms with Crippen LogP contribution in [0.2, 0.25) is 0 Å². The molecule has 1 aromatic heterocycles. The fraction of sp³-hybridized carbons (Fsp3) is 0.333. The number of rotatable bonds is 4. The van der Waals surface area contributed by atoms with Crippen LogP contribution in [0.4, 0.5) is 0 Å². The molecular weight excluding hydrogens is 420 g/mol. The average molecular weight is 436 g/mol. The van der Waals surface area contributed by atoms with Gasteiger partial charge in [0.2, 0.25) is 0 Å². The summed E-state index contributed by atoms with van der Waals surface area (Å²) in [6.07, 6.45) is 3.22. The summed E-state index contributed by atoms with van der Waals surface area (Å²) in [4.78, 5) is 4.42. The first-order valence-corrected chi connectivity index (χ1v) is 8.94. The van der Waals surface area contributed by atoms with Gasteiger partial charge in [0.1, 0.15) is 0 Å². The Hall–Kier alpha value is -1.22. The van der Waals surface area contributed by atoms with E-state index in [1.54, 1.807) is 6.20 Å². The van der Waals surface area contributed by atoms with Crippen LogP contribution in [0.25, 0.3) is 10.9 Å². The first-order valence-electron chi connectivity index (χ1n) is 7.36. The van der Waals surface area contributed by atoms with E-state index in [-0.39, 0.29) is 17.4 Å². The van der Waals surface area contributed by atoms with Gasteiger partial charge in [0.15, 0.2) is 6.10 Å². The summed E-state index contributed by atoms with van der Waals surface area (Å²) in [6, 6.07) is 12.1. The SMILES string of the molecule is CC1(C)[C@H](C=C(Br)Br)[C@@H]1O[C@H](C#N)c1cnc2ccccc2c1. The first-order chi connectivity index (χ1) is 10.9. The highest BCUT2D eigenvalue weighted by atomic mass is 79.9. The molecule has 0 amide bonds. The van der Waals surface area contributed by atoms with E-state index in [9.17, 15) is 5.26 Å². The number of aromatic nitrogens is 1. The quantitative estimate of drug-likeness (QED) is 0.639. The third-order valence-corrected chi connectivity index (χ3v) is 4.96. The number of hydrogen-bond acceptors (Lipinski definition) is 3. The van der Waals surface area contributed by atoms with E-state index in [4.69, 9.17) is 4.74 Å². The Labute approximate surface area is 152 Å². The Morgan fingerprint density at radius 2 is 2.13 bits per heavy atom. The third-order valence-electron chi connectivity index (χ3n) is 4.43. The maximum absolute atomic E-state index is 9.53. The molecule has 3 atom stereocenters. The zero-order chi connectivity index (χ0) is 16.6. The molecule has 1 fully saturated rings. The number of pyridine rings is 1. The van der Waals surface area contributed by atoms with Crippen molar-refractivity contribution < 1.29 is 4.74 Å². The van der Waals surface area contributed by atoms with Crippen molar-refractivity contribution >= 4 is 42.8 Å². The van der Waals surface area contributed by atoms with Crippen LogP contribution in [0.3, 0.4) is 0 Å². The average Bonchev–Trinajstić information content (AvgIpc) is 3.03. The van der Waals surface area contributed by atoms with Gasteiger partial charge < -0.3 is 4.74 Å². The van der Waals surface area contributed by atoms with Gasteiger partial charge in [-0.1, -0.05) is 38.1 Å². The van der Waals surface area contributed by atoms with Gasteiger partial charge in [0, 0.05) is 28.5 Å². The largest absolute Gasteiger partial charge is 0.354 e. The minimum absolute atomic E-state index is 0.0173. The third kappa shape index (κ3) is 3.35. The monoisotopic (exact) mass is 434 g/mol. The Morgan fingerprint density at radius 3 is 2.83 bits per heavy atom. The number of hydrogen-bond donors (Lipinski definition) is 0. The molecule has 0 radical (unpaired) electrons. The van der Waals surface area contributed by atoms with Crippen LogP contribution in [0.15, 0.2) is 46.0 Å². The lowest BCUT2D eigenvalue weighted by Gasteiger charge is -2.12. The van der Waals surface area contributed by atoms with Crippen LogP contribution in [-0.4, -0.2) is 11.1 Å². The van der Waals surface area contributed by atoms with Crippen molar-refractivity contribution in [2.45, 2.75) is 26.1 Å². The lowest BCUT2D eigenvalue weighted by Crippen LogP contribution is -2.08. The molecule has 2 aromatic rings. The molecule has 1 heterocycles. The molecule has 0 saturated heterocycles. The lowest BCUT2D eigenvalue weighted by atomic mass is 10.1. The van der Waals surface area contributed by atoms with Gasteiger partial charge in [-0.05, 0) is 44.0 Å². The van der Waals surface area contributed by atoms with E-state index in [0.717, 1.165) is 19.9 Å². The molecule has 3 rings (SSSR count). The summed E-state index contributed by atoms with van der Waals surface area (Å²) in [6.45, 7) is 4.30. The maximum atomic E-state index is 9.53. The minimum Gasteiger partial charge on any atom is -0.354 e. The van der Waals surface area contributed by atoms with Crippen molar-refractivity contribution in [2.75, 3.05) is 0 Å². The normalized spacial score (nSPS) is 23.1. The minimum atomic E-state index is -0.608. The summed E-state index contributed by atoms with van der Waals surface area (Å²) in [5.74, 6) is 0.278. The molecular formula is C18H16Br2N2O. The zero-order valence-corrected chi connectivity index (χ0v) is 16.0. The maximum Gasteiger partial charge on any atom is 0.170 e. The Balaban J connectivity index is 1.83. The van der Waals surface area contributed by atoms with Crippen LogP contribution in [0, 0.1) is 22.7 Å². The van der Waals surface area contributed by atoms with Crippen LogP contribution in [0.1, 0.15) is 25.5 Å². The summed E-state index contributed by atoms with van der Waals surface area (Å²) in [5, 5.41) is 10.5. The number of nitrogens with zero attached hydrogens (tertiary/aromatic N) is 2. The van der Waals surface area contributed by atoms with Crippen LogP contribution in [0.5, 0.6) is 0 Å². The van der Waals surface area contributed by atoms with E-state index in [2.05, 4.69) is 62.8 Å². The molecule has 0 N–H and O–H groups in total. The van der Waals surface area contributed by atoms with Crippen molar-refractivity contribution in [1.82, 2.24) is 4.98 Å². The van der Waals surface area contributed by atoms with Gasteiger partial charge in [-0.25, -0.2) is 0 Å². The van der Waals surface area contributed by atoms with Gasteiger partial charge >= 0.3 is 0 Å². The number of halogens is 2. The second-order valence-corrected chi connectivity index (χ2v) is 9.10. The second-order valence-electron chi connectivity index (χ2n) is 6.33. The van der Waals surface area contributed by atoms with E-state index in [1.165, 1.54) is 0 Å². The molecule has 118 valence electrons. The molecule has 1 aliphatic rings. The number of para-hydroxylation sites is 1. The number of benzene rings is 1. The molecule has 5 heteroatoms. The van der Waals surface area contributed by atoms with Gasteiger partial charge in [-0.3, -0.25) is 4.98 Å². The van der Waals surface area contributed by atoms with Crippen molar-refractivity contribution in [3.63, 3.8) is 0 Å². The van der Waals surface area contributed by atoms with Crippen molar-refractivity contribution in [3.8, 4) is 6.07 Å². The number of fused-ring (bicyclic) bond motifs is 1. The smallest absolute Gasteiger partial charge is 0.170 e. The molecule has 3 nitrogen and oxygen atoms in total. The van der Waals surface area contributed by atoms with Crippen molar-refractivity contribution in [3.05, 3.63) is 51.6 Å². The summed E-state index contributed by atoms with van der Waals surface area (Å²) >= 11 is 6.79. The number of nitriles is 1. The van der Waals surface area contributed by atoms with Gasteiger partial charge in [0.25, 0.3) is 0 Å². The van der Waals surface area contributed by atoms with E-state index in [0.29, 0.717) is 0 Å². The number of ether oxygens (including phenoxy) is 1. The van der Waals surface area contributed by atoms with Crippen molar-refractivity contribution in [1.29, 1.82) is 5.26 Å². The van der Waals surface area contributed by atoms with Crippen LogP contribution >= 0.6 is 31.9 Å². The molecule has 0 aliphatic heterocycles. The molecule has 1 aromatic carbocycles. The first kappa shape index (κ1) is 16.6. The van der Waals surface area contributed by atoms with Crippen LogP contribution < -0.4 is 0 Å². The summed E-state index contributed by atoms with van der Waals surface area (Å²) in [5.41, 5.74) is 1.74. The zero-order valence-electron chi connectivity index (χ0n) is 12.8. The van der Waals surface area contributed by atoms with E-state index in [1.807, 2.05) is 30.3 Å². The molecule has 0 spiro atoms. The van der Waals surface area contributed by atoms with Gasteiger partial charge in [-0.15, -0.1) is 0 Å². The van der Waals surface area contributed by atoms with Gasteiger partial charge in [0.05, 0.1) is 21.1 Å². The molecule has 0 unspecified atom stereocenters. The lowest BCUT2D eigenvalue weighted by molar-refractivity contribution is 0.0529. The fourth-order valence-electron chi connectivity index (χ4n) is 2.89. The summed E-state index contributed by atoms with van der Waals surface area (Å²) in [7, 11) is 0. The second kappa shape index (κ2) is 6.35. The van der Waals surface area contributed by atoms with E-state index < -0.39 is 6.10 Å². The Morgan fingerprint density at radius 1 is 1.39 bits per heavy atom. The topological polar surface area (TPSA) is 45.9 Å². The predicted octanol–water partition coefficient (Wildman–Crippen LogP) is 5.47.